The van der Waals surface area contributed by atoms with Crippen LogP contribution in [0.15, 0.2) is 18.2 Å². The normalized spacial score (nSPS) is 13.8. The lowest BCUT2D eigenvalue weighted by molar-refractivity contribution is -0.493. The van der Waals surface area contributed by atoms with Gasteiger partial charge < -0.3 is 39.1 Å². The van der Waals surface area contributed by atoms with E-state index in [9.17, 15) is 14.4 Å². The molecular weight excluding hydrogens is 740 g/mol. The summed E-state index contributed by atoms with van der Waals surface area (Å²) in [5.74, 6) is 0.229. The monoisotopic (exact) mass is 806 g/mol. The smallest absolute Gasteiger partial charge is 0.493 e. The summed E-state index contributed by atoms with van der Waals surface area (Å²) >= 11 is 0. The summed E-state index contributed by atoms with van der Waals surface area (Å²) in [6.45, 7) is 12.5. The molecule has 0 aliphatic heterocycles. The van der Waals surface area contributed by atoms with E-state index in [-0.39, 0.29) is 81.7 Å². The van der Waals surface area contributed by atoms with E-state index in [4.69, 9.17) is 49.3 Å². The molecule has 0 radical (unpaired) electrons. The Morgan fingerprint density at radius 1 is 0.750 bits per heavy atom. The number of rotatable bonds is 30. The highest BCUT2D eigenvalue weighted by Crippen LogP contribution is 2.33. The number of carbonyl (C=O) groups is 3. The van der Waals surface area contributed by atoms with Crippen molar-refractivity contribution >= 4 is 18.2 Å². The van der Waals surface area contributed by atoms with Crippen LogP contribution in [0.2, 0.25) is 0 Å². The van der Waals surface area contributed by atoms with Crippen LogP contribution in [-0.4, -0.2) is 122 Å². The number of carbonyl (C=O) groups excluding carboxylic acids is 3. The average molecular weight is 807 g/mol. The first-order valence-electron chi connectivity index (χ1n) is 19.0. The summed E-state index contributed by atoms with van der Waals surface area (Å²) in [6.07, 6.45) is -1.22. The van der Waals surface area contributed by atoms with Crippen LogP contribution in [-0.2, 0) is 39.8 Å². The summed E-state index contributed by atoms with van der Waals surface area (Å²) in [7, 11) is 3.19. The third-order valence-electron chi connectivity index (χ3n) is 8.73. The zero-order valence-corrected chi connectivity index (χ0v) is 34.1. The Hall–Kier alpha value is -3.53. The predicted molar refractivity (Wildman–Crippen MR) is 199 cm³/mol. The number of benzene rings is 1. The maximum absolute atomic E-state index is 13.5. The molecule has 324 valence electrons. The number of alkyl carbamates (subject to hydrolysis) is 1. The molecule has 0 heterocycles. The maximum Gasteiger partial charge on any atom is 0.508 e. The van der Waals surface area contributed by atoms with Gasteiger partial charge in [-0.2, -0.15) is 0 Å². The van der Waals surface area contributed by atoms with E-state index in [1.807, 2.05) is 59.7 Å². The number of methoxy groups -OCH3 is 2. The van der Waals surface area contributed by atoms with Crippen molar-refractivity contribution in [3.8, 4) is 11.5 Å². The van der Waals surface area contributed by atoms with Crippen LogP contribution in [0.3, 0.4) is 0 Å². The molecular formula is C37H66N4O15. The van der Waals surface area contributed by atoms with Crippen LogP contribution in [0.5, 0.6) is 11.5 Å². The van der Waals surface area contributed by atoms with Gasteiger partial charge in [-0.05, 0) is 60.6 Å². The van der Waals surface area contributed by atoms with E-state index in [1.165, 1.54) is 0 Å². The summed E-state index contributed by atoms with van der Waals surface area (Å²) in [4.78, 5) is 49.1. The minimum Gasteiger partial charge on any atom is -0.493 e. The molecule has 0 spiro atoms. The SMILES string of the molecule is COCCCOc1cc(CC(CC(NC(=O)OCCCON(O)O)C(CC(C(=O)NCC(C)C)C(C)C)OC(=O)OCCCON(O)O)C(C)C)ccc1OC. The van der Waals surface area contributed by atoms with Gasteiger partial charge >= 0.3 is 12.2 Å². The van der Waals surface area contributed by atoms with E-state index in [1.54, 1.807) is 14.2 Å². The van der Waals surface area contributed by atoms with Crippen molar-refractivity contribution in [2.24, 2.45) is 29.6 Å². The Labute approximate surface area is 330 Å². The van der Waals surface area contributed by atoms with Crippen molar-refractivity contribution in [2.75, 3.05) is 60.4 Å². The van der Waals surface area contributed by atoms with Crippen LogP contribution in [0, 0.1) is 29.6 Å². The quantitative estimate of drug-likeness (QED) is 0.0334. The molecule has 6 N–H and O–H groups in total. The third-order valence-corrected chi connectivity index (χ3v) is 8.73. The minimum atomic E-state index is -1.08. The molecule has 1 rings (SSSR count). The molecule has 1 aromatic carbocycles. The fraction of sp³-hybridized carbons (Fsp3) is 0.757. The lowest BCUT2D eigenvalue weighted by Gasteiger charge is -2.34. The molecule has 0 saturated carbocycles. The van der Waals surface area contributed by atoms with E-state index >= 15 is 0 Å². The highest BCUT2D eigenvalue weighted by atomic mass is 17.1. The molecule has 0 saturated heterocycles. The molecule has 2 amide bonds. The van der Waals surface area contributed by atoms with Gasteiger partial charge in [0.25, 0.3) is 0 Å². The predicted octanol–water partition coefficient (Wildman–Crippen LogP) is 5.17. The number of hydrogen-bond acceptors (Lipinski definition) is 17. The van der Waals surface area contributed by atoms with Crippen molar-refractivity contribution in [3.63, 3.8) is 0 Å². The molecule has 0 aromatic heterocycles. The summed E-state index contributed by atoms with van der Waals surface area (Å²) in [5, 5.41) is 40.0. The zero-order valence-electron chi connectivity index (χ0n) is 34.1. The summed E-state index contributed by atoms with van der Waals surface area (Å²) < 4.78 is 33.3. The van der Waals surface area contributed by atoms with E-state index < -0.39 is 41.1 Å². The second-order valence-corrected chi connectivity index (χ2v) is 14.4. The first kappa shape index (κ1) is 50.5. The van der Waals surface area contributed by atoms with Crippen molar-refractivity contribution in [3.05, 3.63) is 23.8 Å². The molecule has 19 nitrogen and oxygen atoms in total. The fourth-order valence-corrected chi connectivity index (χ4v) is 5.61. The largest absolute Gasteiger partial charge is 0.508 e. The Kier molecular flexibility index (Phi) is 26.0. The minimum absolute atomic E-state index is 0.0260. The molecule has 0 fully saturated rings. The molecule has 1 aromatic rings. The molecule has 0 aliphatic rings. The molecule has 4 atom stereocenters. The van der Waals surface area contributed by atoms with Crippen molar-refractivity contribution in [2.45, 2.75) is 92.2 Å². The van der Waals surface area contributed by atoms with Gasteiger partial charge in [0.1, 0.15) is 6.10 Å². The summed E-state index contributed by atoms with van der Waals surface area (Å²) in [6, 6.07) is 4.79. The average Bonchev–Trinajstić information content (AvgIpc) is 3.12. The van der Waals surface area contributed by atoms with Crippen LogP contribution >= 0.6 is 0 Å². The first-order valence-corrected chi connectivity index (χ1v) is 19.0. The maximum atomic E-state index is 13.5. The number of nitrogens with one attached hydrogen (secondary N) is 2. The van der Waals surface area contributed by atoms with Crippen molar-refractivity contribution in [1.82, 2.24) is 21.4 Å². The van der Waals surface area contributed by atoms with Gasteiger partial charge in [0, 0.05) is 45.4 Å². The second-order valence-electron chi connectivity index (χ2n) is 14.4. The van der Waals surface area contributed by atoms with Crippen LogP contribution in [0.25, 0.3) is 0 Å². The molecule has 19 heteroatoms. The second kappa shape index (κ2) is 28.8. The highest BCUT2D eigenvalue weighted by molar-refractivity contribution is 5.79. The highest BCUT2D eigenvalue weighted by Gasteiger charge is 2.36. The van der Waals surface area contributed by atoms with Gasteiger partial charge in [-0.3, -0.25) is 35.3 Å². The Morgan fingerprint density at radius 3 is 1.93 bits per heavy atom. The van der Waals surface area contributed by atoms with Gasteiger partial charge in [0.15, 0.2) is 11.5 Å². The first-order chi connectivity index (χ1) is 26.6. The third kappa shape index (κ3) is 22.3. The summed E-state index contributed by atoms with van der Waals surface area (Å²) in [5.41, 5.74) is 0.936. The Balaban J connectivity index is 3.52. The standard InChI is InChI=1S/C37H66N4O15/c1-25(2)24-38-35(42)30(27(5)6)23-33(56-37(44)53-17-11-19-55-41(47)48)31(39-36(43)52-16-10-18-54-40(45)46)22-29(26(3)4)20-28-12-13-32(50-8)34(21-28)51-15-9-14-49-7/h12-13,21,25-27,29-31,33,45-48H,9-11,14-20,22-24H2,1-8H3,(H,38,42)(H,39,43). The fourth-order valence-electron chi connectivity index (χ4n) is 5.61. The van der Waals surface area contributed by atoms with Crippen LogP contribution in [0.1, 0.15) is 79.2 Å². The Morgan fingerprint density at radius 2 is 1.38 bits per heavy atom. The van der Waals surface area contributed by atoms with Crippen LogP contribution < -0.4 is 20.1 Å². The number of amides is 2. The number of ether oxygens (including phenoxy) is 6. The van der Waals surface area contributed by atoms with Gasteiger partial charge in [-0.25, -0.2) is 9.59 Å². The van der Waals surface area contributed by atoms with Gasteiger partial charge in [0.2, 0.25) is 5.91 Å². The van der Waals surface area contributed by atoms with Gasteiger partial charge in [-0.15, -0.1) is 0 Å². The van der Waals surface area contributed by atoms with Crippen molar-refractivity contribution in [1.29, 1.82) is 0 Å². The number of hydrogen-bond donors (Lipinski definition) is 6. The number of nitrogens with zero attached hydrogens (tertiary/aromatic N) is 2. The lowest BCUT2D eigenvalue weighted by atomic mass is 9.80. The van der Waals surface area contributed by atoms with E-state index in [0.29, 0.717) is 44.1 Å². The molecule has 0 aliphatic carbocycles. The van der Waals surface area contributed by atoms with Crippen LogP contribution in [0.4, 0.5) is 9.59 Å². The van der Waals surface area contributed by atoms with Gasteiger partial charge in [0.05, 0.1) is 57.0 Å². The lowest BCUT2D eigenvalue weighted by Crippen LogP contribution is -2.49. The topological polar surface area (TPSA) is 237 Å². The van der Waals surface area contributed by atoms with Gasteiger partial charge in [-0.1, -0.05) is 47.6 Å². The molecule has 56 heavy (non-hydrogen) atoms. The van der Waals surface area contributed by atoms with E-state index in [0.717, 1.165) is 5.56 Å². The molecule has 0 bridgehead atoms. The zero-order chi connectivity index (χ0) is 42.0. The van der Waals surface area contributed by atoms with E-state index in [2.05, 4.69) is 20.3 Å². The molecule has 4 unspecified atom stereocenters. The Bertz CT molecular complexity index is 1240. The van der Waals surface area contributed by atoms with Crippen molar-refractivity contribution < 1.29 is 73.3 Å².